The molecule has 242 valence electrons. The molecule has 2 aromatic heterocycles. The lowest BCUT2D eigenvalue weighted by molar-refractivity contribution is -0.137. The molecule has 0 saturated heterocycles. The first-order chi connectivity index (χ1) is 24.0. The predicted octanol–water partition coefficient (Wildman–Crippen LogP) is 12.2. The van der Waals surface area contributed by atoms with Crippen molar-refractivity contribution in [1.29, 1.82) is 5.26 Å². The Bertz CT molecular complexity index is 2550. The molecular formula is C43H29F3N4. The van der Waals surface area contributed by atoms with Crippen molar-refractivity contribution in [3.63, 3.8) is 0 Å². The van der Waals surface area contributed by atoms with Gasteiger partial charge in [0.15, 0.2) is 5.69 Å². The molecule has 6 aromatic carbocycles. The molecule has 0 saturated carbocycles. The van der Waals surface area contributed by atoms with E-state index in [0.29, 0.717) is 16.9 Å². The van der Waals surface area contributed by atoms with Crippen LogP contribution in [0.1, 0.15) is 33.4 Å². The van der Waals surface area contributed by atoms with E-state index in [-0.39, 0.29) is 16.8 Å². The minimum atomic E-state index is -4.73. The van der Waals surface area contributed by atoms with Crippen LogP contribution in [0.25, 0.3) is 71.0 Å². The molecule has 2 heterocycles. The second kappa shape index (κ2) is 11.1. The monoisotopic (exact) mass is 658 g/mol. The Kier molecular flexibility index (Phi) is 6.89. The molecule has 0 spiro atoms. The number of halogens is 3. The van der Waals surface area contributed by atoms with Gasteiger partial charge in [-0.1, -0.05) is 64.7 Å². The molecule has 8 rings (SSSR count). The van der Waals surface area contributed by atoms with Crippen LogP contribution in [0.2, 0.25) is 0 Å². The molecule has 4 nitrogen and oxygen atoms in total. The molecular weight excluding hydrogens is 629 g/mol. The van der Waals surface area contributed by atoms with Crippen LogP contribution in [-0.4, -0.2) is 9.13 Å². The number of benzene rings is 6. The van der Waals surface area contributed by atoms with Crippen molar-refractivity contribution in [2.24, 2.45) is 0 Å². The van der Waals surface area contributed by atoms with E-state index in [1.807, 2.05) is 85.4 Å². The molecule has 0 N–H and O–H groups in total. The maximum absolute atomic E-state index is 14.8. The minimum absolute atomic E-state index is 0.122. The van der Waals surface area contributed by atoms with Crippen LogP contribution >= 0.6 is 0 Å². The number of aryl methyl sites for hydroxylation is 4. The third kappa shape index (κ3) is 4.66. The van der Waals surface area contributed by atoms with Gasteiger partial charge in [-0.05, 0) is 99.5 Å². The van der Waals surface area contributed by atoms with Gasteiger partial charge in [0.05, 0.1) is 45.6 Å². The normalized spacial score (nSPS) is 11.9. The number of nitriles is 1. The zero-order valence-electron chi connectivity index (χ0n) is 27.7. The molecule has 0 aliphatic carbocycles. The van der Waals surface area contributed by atoms with E-state index in [9.17, 15) is 18.4 Å². The number of nitrogens with zero attached hydrogens (tertiary/aromatic N) is 4. The van der Waals surface area contributed by atoms with Crippen molar-refractivity contribution in [2.75, 3.05) is 0 Å². The maximum atomic E-state index is 14.8. The third-order valence-electron chi connectivity index (χ3n) is 9.60. The highest BCUT2D eigenvalue weighted by Crippen LogP contribution is 2.46. The lowest BCUT2D eigenvalue weighted by Crippen LogP contribution is -2.09. The average Bonchev–Trinajstić information content (AvgIpc) is 3.57. The molecule has 0 aliphatic rings. The quantitative estimate of drug-likeness (QED) is 0.174. The maximum Gasteiger partial charge on any atom is 0.415 e. The van der Waals surface area contributed by atoms with Crippen LogP contribution < -0.4 is 0 Å². The summed E-state index contributed by atoms with van der Waals surface area (Å²) in [5.74, 6) is 0. The Morgan fingerprint density at radius 3 is 1.34 bits per heavy atom. The number of rotatable bonds is 3. The molecule has 0 fully saturated rings. The van der Waals surface area contributed by atoms with Gasteiger partial charge >= 0.3 is 6.18 Å². The number of hydrogen-bond acceptors (Lipinski definition) is 1. The highest BCUT2D eigenvalue weighted by molar-refractivity contribution is 6.12. The molecule has 0 amide bonds. The summed E-state index contributed by atoms with van der Waals surface area (Å²) in [6.07, 6.45) is -4.73. The van der Waals surface area contributed by atoms with Crippen molar-refractivity contribution >= 4 is 49.3 Å². The fourth-order valence-electron chi connectivity index (χ4n) is 7.42. The van der Waals surface area contributed by atoms with Gasteiger partial charge in [0.25, 0.3) is 0 Å². The molecule has 8 aromatic rings. The summed E-state index contributed by atoms with van der Waals surface area (Å²) in [4.78, 5) is 3.56. The fourth-order valence-corrected chi connectivity index (χ4v) is 7.42. The van der Waals surface area contributed by atoms with Crippen LogP contribution in [-0.2, 0) is 6.18 Å². The Labute approximate surface area is 286 Å². The largest absolute Gasteiger partial charge is 0.415 e. The van der Waals surface area contributed by atoms with Gasteiger partial charge in [-0.3, -0.25) is 0 Å². The number of hydrogen-bond donors (Lipinski definition) is 0. The Balaban J connectivity index is 1.61. The summed E-state index contributed by atoms with van der Waals surface area (Å²) < 4.78 is 48.2. The van der Waals surface area contributed by atoms with Gasteiger partial charge in [-0.25, -0.2) is 4.85 Å². The van der Waals surface area contributed by atoms with E-state index in [1.54, 1.807) is 12.1 Å². The molecule has 0 atom stereocenters. The molecule has 0 radical (unpaired) electrons. The third-order valence-corrected chi connectivity index (χ3v) is 9.60. The zero-order valence-corrected chi connectivity index (χ0v) is 27.7. The van der Waals surface area contributed by atoms with E-state index in [2.05, 4.69) is 35.2 Å². The van der Waals surface area contributed by atoms with Crippen LogP contribution in [0.4, 0.5) is 18.9 Å². The van der Waals surface area contributed by atoms with Gasteiger partial charge in [0, 0.05) is 21.5 Å². The van der Waals surface area contributed by atoms with Crippen LogP contribution in [0, 0.1) is 45.6 Å². The second-order valence-corrected chi connectivity index (χ2v) is 13.1. The zero-order chi connectivity index (χ0) is 35.1. The van der Waals surface area contributed by atoms with E-state index in [0.717, 1.165) is 71.9 Å². The van der Waals surface area contributed by atoms with E-state index < -0.39 is 11.7 Å². The summed E-state index contributed by atoms with van der Waals surface area (Å²) in [7, 11) is 0. The summed E-state index contributed by atoms with van der Waals surface area (Å²) in [6.45, 7) is 16.0. The van der Waals surface area contributed by atoms with Gasteiger partial charge in [-0.15, -0.1) is 0 Å². The van der Waals surface area contributed by atoms with Gasteiger partial charge < -0.3 is 9.13 Å². The Hall–Kier alpha value is -6.31. The van der Waals surface area contributed by atoms with Gasteiger partial charge in [0.1, 0.15) is 11.6 Å². The number of alkyl halides is 3. The summed E-state index contributed by atoms with van der Waals surface area (Å²) in [5.41, 5.74) is 7.60. The fraction of sp³-hybridized carbons (Fsp3) is 0.116. The number of aromatic nitrogens is 2. The molecule has 0 unspecified atom stereocenters. The SMILES string of the molecule is [C-]#[N+]c1cccc(C(F)(F)F)c1-c1cc(-n2c3ccc(C)cc3c3cc(C)ccc32)c(C#N)c(-n2c3ccc(C)cc3c3cc(C)ccc32)c1. The van der Waals surface area contributed by atoms with Crippen LogP contribution in [0.5, 0.6) is 0 Å². The smallest absolute Gasteiger partial charge is 0.308 e. The second-order valence-electron chi connectivity index (χ2n) is 13.1. The first kappa shape index (κ1) is 31.0. The topological polar surface area (TPSA) is 38.0 Å². The Morgan fingerprint density at radius 2 is 1.00 bits per heavy atom. The first-order valence-corrected chi connectivity index (χ1v) is 16.2. The molecule has 50 heavy (non-hydrogen) atoms. The van der Waals surface area contributed by atoms with Crippen molar-refractivity contribution in [1.82, 2.24) is 9.13 Å². The molecule has 0 bridgehead atoms. The highest BCUT2D eigenvalue weighted by atomic mass is 19.4. The molecule has 7 heteroatoms. The van der Waals surface area contributed by atoms with E-state index in [4.69, 9.17) is 6.57 Å². The van der Waals surface area contributed by atoms with Crippen molar-refractivity contribution in [2.45, 2.75) is 33.9 Å². The lowest BCUT2D eigenvalue weighted by atomic mass is 9.94. The standard InChI is InChI=1S/C43H29F3N4/c1-24-9-13-36-29(17-24)30-18-25(2)10-14-37(30)49(36)40-21-28(42-34(43(44,45)46)7-6-8-35(42)48-5)22-41(33(40)23-47)50-38-15-11-26(3)19-31(38)32-20-27(4)12-16-39(32)50/h6-22H,1-4H3. The van der Waals surface area contributed by atoms with Crippen molar-refractivity contribution in [3.05, 3.63) is 148 Å². The summed E-state index contributed by atoms with van der Waals surface area (Å²) >= 11 is 0. The number of fused-ring (bicyclic) bond motifs is 6. The summed E-state index contributed by atoms with van der Waals surface area (Å²) in [5, 5.41) is 15.0. The van der Waals surface area contributed by atoms with Crippen molar-refractivity contribution in [3.8, 4) is 28.6 Å². The lowest BCUT2D eigenvalue weighted by Gasteiger charge is -2.21. The van der Waals surface area contributed by atoms with E-state index in [1.165, 1.54) is 12.1 Å². The van der Waals surface area contributed by atoms with Crippen LogP contribution in [0.15, 0.2) is 103 Å². The van der Waals surface area contributed by atoms with E-state index >= 15 is 0 Å². The highest BCUT2D eigenvalue weighted by Gasteiger charge is 2.35. The summed E-state index contributed by atoms with van der Waals surface area (Å²) in [6, 6.07) is 33.8. The minimum Gasteiger partial charge on any atom is -0.308 e. The van der Waals surface area contributed by atoms with Gasteiger partial charge in [0.2, 0.25) is 0 Å². The van der Waals surface area contributed by atoms with Gasteiger partial charge in [-0.2, -0.15) is 18.4 Å². The average molecular weight is 659 g/mol. The molecule has 0 aliphatic heterocycles. The predicted molar refractivity (Wildman–Crippen MR) is 195 cm³/mol. The van der Waals surface area contributed by atoms with Crippen LogP contribution in [0.3, 0.4) is 0 Å². The van der Waals surface area contributed by atoms with Crippen molar-refractivity contribution < 1.29 is 13.2 Å². The first-order valence-electron chi connectivity index (χ1n) is 16.2. The Morgan fingerprint density at radius 1 is 0.600 bits per heavy atom.